The summed E-state index contributed by atoms with van der Waals surface area (Å²) in [5.74, 6) is 0.357. The molecule has 0 radical (unpaired) electrons. The topological polar surface area (TPSA) is 29.5 Å². The maximum absolute atomic E-state index is 13.2. The van der Waals surface area contributed by atoms with Crippen LogP contribution < -0.4 is 0 Å². The first-order valence-corrected chi connectivity index (χ1v) is 7.72. The van der Waals surface area contributed by atoms with Crippen LogP contribution in [-0.2, 0) is 14.9 Å². The number of benzene rings is 1. The van der Waals surface area contributed by atoms with Gasteiger partial charge in [0.05, 0.1) is 24.2 Å². The number of hydrogen-bond acceptors (Lipinski definition) is 2. The highest BCUT2D eigenvalue weighted by molar-refractivity contribution is 5.90. The van der Waals surface area contributed by atoms with Crippen LogP contribution in [0.5, 0.6) is 0 Å². The molecule has 2 aliphatic heterocycles. The molecule has 1 aliphatic carbocycles. The van der Waals surface area contributed by atoms with E-state index in [9.17, 15) is 4.79 Å². The van der Waals surface area contributed by atoms with Crippen molar-refractivity contribution in [2.45, 2.75) is 43.1 Å². The van der Waals surface area contributed by atoms with Gasteiger partial charge < -0.3 is 9.64 Å². The van der Waals surface area contributed by atoms with E-state index in [4.69, 9.17) is 4.74 Å². The van der Waals surface area contributed by atoms with Crippen LogP contribution in [0, 0.1) is 0 Å². The van der Waals surface area contributed by atoms with Crippen molar-refractivity contribution in [3.8, 4) is 0 Å². The Bertz CT molecular complexity index is 510. The Morgan fingerprint density at radius 3 is 2.25 bits per heavy atom. The lowest BCUT2D eigenvalue weighted by Crippen LogP contribution is -2.74. The van der Waals surface area contributed by atoms with Gasteiger partial charge in [0, 0.05) is 6.54 Å². The lowest BCUT2D eigenvalue weighted by Gasteiger charge is -2.59. The Morgan fingerprint density at radius 2 is 1.75 bits per heavy atom. The standard InChI is InChI=1S/C17H21NO2/c19-15(18-11-10-16(18)12-20-13-16)17(8-4-5-9-17)14-6-2-1-3-7-14/h1-3,6-7H,4-5,8-13H2. The number of carbonyl (C=O) groups excluding carboxylic acids is 1. The maximum Gasteiger partial charge on any atom is 0.233 e. The molecule has 2 saturated heterocycles. The molecule has 1 saturated carbocycles. The van der Waals surface area contributed by atoms with Crippen molar-refractivity contribution in [3.05, 3.63) is 35.9 Å². The molecule has 20 heavy (non-hydrogen) atoms. The van der Waals surface area contributed by atoms with E-state index in [0.717, 1.165) is 51.9 Å². The number of nitrogens with zero attached hydrogens (tertiary/aromatic N) is 1. The highest BCUT2D eigenvalue weighted by Crippen LogP contribution is 2.47. The Balaban J connectivity index is 1.68. The zero-order valence-electron chi connectivity index (χ0n) is 11.8. The molecule has 2 heterocycles. The minimum atomic E-state index is -0.260. The van der Waals surface area contributed by atoms with E-state index in [2.05, 4.69) is 29.2 Å². The molecule has 0 bridgehead atoms. The molecular weight excluding hydrogens is 250 g/mol. The van der Waals surface area contributed by atoms with Crippen LogP contribution in [0.15, 0.2) is 30.3 Å². The van der Waals surface area contributed by atoms with Crippen molar-refractivity contribution in [3.63, 3.8) is 0 Å². The summed E-state index contributed by atoms with van der Waals surface area (Å²) in [6.07, 6.45) is 5.45. The van der Waals surface area contributed by atoms with Crippen LogP contribution in [0.3, 0.4) is 0 Å². The van der Waals surface area contributed by atoms with Crippen molar-refractivity contribution >= 4 is 5.91 Å². The van der Waals surface area contributed by atoms with E-state index in [1.54, 1.807) is 0 Å². The minimum absolute atomic E-state index is 0.0570. The zero-order valence-corrected chi connectivity index (χ0v) is 11.8. The average molecular weight is 271 g/mol. The molecule has 1 spiro atoms. The first-order chi connectivity index (χ1) is 9.77. The molecule has 3 heteroatoms. The van der Waals surface area contributed by atoms with Crippen LogP contribution >= 0.6 is 0 Å². The second kappa shape index (κ2) is 4.32. The van der Waals surface area contributed by atoms with Gasteiger partial charge in [0.25, 0.3) is 0 Å². The first-order valence-electron chi connectivity index (χ1n) is 7.72. The predicted molar refractivity (Wildman–Crippen MR) is 76.5 cm³/mol. The molecule has 3 fully saturated rings. The molecule has 0 atom stereocenters. The summed E-state index contributed by atoms with van der Waals surface area (Å²) in [5.41, 5.74) is 1.01. The summed E-state index contributed by atoms with van der Waals surface area (Å²) in [4.78, 5) is 15.3. The van der Waals surface area contributed by atoms with Gasteiger partial charge in [-0.2, -0.15) is 0 Å². The van der Waals surface area contributed by atoms with Crippen molar-refractivity contribution in [1.82, 2.24) is 4.90 Å². The zero-order chi connectivity index (χ0) is 13.6. The molecule has 1 amide bonds. The number of ether oxygens (including phenoxy) is 1. The SMILES string of the molecule is O=C(N1CCC12COC2)C1(c2ccccc2)CCCC1. The Hall–Kier alpha value is -1.35. The molecule has 3 nitrogen and oxygen atoms in total. The normalized spacial score (nSPS) is 26.1. The Labute approximate surface area is 119 Å². The molecule has 0 unspecified atom stereocenters. The van der Waals surface area contributed by atoms with E-state index in [1.165, 1.54) is 5.56 Å². The number of carbonyl (C=O) groups is 1. The van der Waals surface area contributed by atoms with E-state index < -0.39 is 0 Å². The van der Waals surface area contributed by atoms with Gasteiger partial charge in [-0.1, -0.05) is 43.2 Å². The van der Waals surface area contributed by atoms with Gasteiger partial charge in [0.15, 0.2) is 0 Å². The van der Waals surface area contributed by atoms with Crippen molar-refractivity contribution in [2.75, 3.05) is 19.8 Å². The van der Waals surface area contributed by atoms with Crippen molar-refractivity contribution in [1.29, 1.82) is 0 Å². The molecule has 3 aliphatic rings. The number of hydrogen-bond donors (Lipinski definition) is 0. The fourth-order valence-electron chi connectivity index (χ4n) is 4.11. The summed E-state index contributed by atoms with van der Waals surface area (Å²) in [6, 6.07) is 10.4. The molecular formula is C17H21NO2. The van der Waals surface area contributed by atoms with Crippen LogP contribution in [0.4, 0.5) is 0 Å². The fraction of sp³-hybridized carbons (Fsp3) is 0.588. The van der Waals surface area contributed by atoms with Gasteiger partial charge in [0.1, 0.15) is 0 Å². The van der Waals surface area contributed by atoms with Crippen LogP contribution in [-0.4, -0.2) is 36.1 Å². The summed E-state index contributed by atoms with van der Waals surface area (Å²) in [7, 11) is 0. The first kappa shape index (κ1) is 12.4. The molecule has 0 aromatic heterocycles. The second-order valence-corrected chi connectivity index (χ2v) is 6.58. The summed E-state index contributed by atoms with van der Waals surface area (Å²) in [6.45, 7) is 2.39. The smallest absolute Gasteiger partial charge is 0.233 e. The lowest BCUT2D eigenvalue weighted by atomic mass is 9.73. The quantitative estimate of drug-likeness (QED) is 0.827. The minimum Gasteiger partial charge on any atom is -0.376 e. The largest absolute Gasteiger partial charge is 0.376 e. The van der Waals surface area contributed by atoms with Gasteiger partial charge in [-0.05, 0) is 24.8 Å². The van der Waals surface area contributed by atoms with Crippen LogP contribution in [0.2, 0.25) is 0 Å². The third-order valence-corrected chi connectivity index (χ3v) is 5.55. The highest BCUT2D eigenvalue weighted by Gasteiger charge is 2.57. The van der Waals surface area contributed by atoms with Gasteiger partial charge >= 0.3 is 0 Å². The number of rotatable bonds is 2. The van der Waals surface area contributed by atoms with Gasteiger partial charge in [-0.15, -0.1) is 0 Å². The van der Waals surface area contributed by atoms with E-state index in [-0.39, 0.29) is 11.0 Å². The lowest BCUT2D eigenvalue weighted by molar-refractivity contribution is -0.204. The van der Waals surface area contributed by atoms with Crippen molar-refractivity contribution in [2.24, 2.45) is 0 Å². The fourth-order valence-corrected chi connectivity index (χ4v) is 4.11. The van der Waals surface area contributed by atoms with E-state index in [1.807, 2.05) is 6.07 Å². The summed E-state index contributed by atoms with van der Waals surface area (Å²) in [5, 5.41) is 0. The highest BCUT2D eigenvalue weighted by atomic mass is 16.5. The second-order valence-electron chi connectivity index (χ2n) is 6.58. The molecule has 4 rings (SSSR count). The summed E-state index contributed by atoms with van der Waals surface area (Å²) >= 11 is 0. The van der Waals surface area contributed by atoms with E-state index in [0.29, 0.717) is 5.91 Å². The van der Waals surface area contributed by atoms with E-state index >= 15 is 0 Å². The van der Waals surface area contributed by atoms with Crippen molar-refractivity contribution < 1.29 is 9.53 Å². The molecule has 1 aromatic carbocycles. The monoisotopic (exact) mass is 271 g/mol. The molecule has 1 aromatic rings. The predicted octanol–water partition coefficient (Wildman–Crippen LogP) is 2.50. The van der Waals surface area contributed by atoms with Crippen LogP contribution in [0.25, 0.3) is 0 Å². The third kappa shape index (κ3) is 1.53. The number of likely N-dealkylation sites (tertiary alicyclic amines) is 1. The molecule has 0 N–H and O–H groups in total. The maximum atomic E-state index is 13.2. The van der Waals surface area contributed by atoms with Gasteiger partial charge in [-0.3, -0.25) is 4.79 Å². The van der Waals surface area contributed by atoms with Crippen LogP contribution in [0.1, 0.15) is 37.7 Å². The number of amides is 1. The molecule has 106 valence electrons. The third-order valence-electron chi connectivity index (χ3n) is 5.55. The Kier molecular flexibility index (Phi) is 2.68. The van der Waals surface area contributed by atoms with Gasteiger partial charge in [-0.25, -0.2) is 0 Å². The summed E-state index contributed by atoms with van der Waals surface area (Å²) < 4.78 is 5.37. The average Bonchev–Trinajstić information content (AvgIpc) is 2.87. The Morgan fingerprint density at radius 1 is 1.05 bits per heavy atom. The van der Waals surface area contributed by atoms with Gasteiger partial charge in [0.2, 0.25) is 5.91 Å².